The third kappa shape index (κ3) is 3160. The van der Waals surface area contributed by atoms with E-state index in [1.165, 1.54) is 0 Å². The van der Waals surface area contributed by atoms with Crippen LogP contribution >= 0.6 is 24.4 Å². The van der Waals surface area contributed by atoms with Gasteiger partial charge in [-0.05, 0) is 24.4 Å². The quantitative estimate of drug-likeness (QED) is 0.309. The molecule has 0 aromatic rings. The second-order valence-corrected chi connectivity index (χ2v) is 1.51. The summed E-state index contributed by atoms with van der Waals surface area (Å²) in [5, 5.41) is 14.1. The molecule has 10 heavy (non-hydrogen) atoms. The van der Waals surface area contributed by atoms with Crippen molar-refractivity contribution in [3.63, 3.8) is 0 Å². The van der Waals surface area contributed by atoms with Gasteiger partial charge in [0.2, 0.25) is 0 Å². The Labute approximate surface area is 92.9 Å². The fourth-order valence-corrected chi connectivity index (χ4v) is 0. The predicted octanol–water partition coefficient (Wildman–Crippen LogP) is -0.436. The average Bonchev–Trinajstić information content (AvgIpc) is 1.25. The number of aliphatic hydroxyl groups excluding tert-OH is 2. The van der Waals surface area contributed by atoms with Crippen LogP contribution in [-0.4, -0.2) is 50.1 Å². The molecular formula is C3H11N2NaO2S2. The van der Waals surface area contributed by atoms with Gasteiger partial charge in [-0.15, -0.1) is 0 Å². The average molecular weight is 194 g/mol. The molecule has 4 nitrogen and oxygen atoms in total. The summed E-state index contributed by atoms with van der Waals surface area (Å²) in [6.45, 7) is 0. The molecule has 0 heterocycles. The van der Waals surface area contributed by atoms with Crippen molar-refractivity contribution in [1.29, 1.82) is 0 Å². The van der Waals surface area contributed by atoms with Gasteiger partial charge >= 0.3 is 29.6 Å². The molecule has 0 bridgehead atoms. The molecule has 0 saturated heterocycles. The Morgan fingerprint density at radius 1 is 1.00 bits per heavy atom. The Balaban J connectivity index is -0.0000000300. The molecule has 0 rings (SSSR count). The first kappa shape index (κ1) is 22.4. The summed E-state index contributed by atoms with van der Waals surface area (Å²) < 4.78 is 0. The van der Waals surface area contributed by atoms with Crippen LogP contribution in [-0.2, 0) is 0 Å². The molecule has 7 heteroatoms. The summed E-state index contributed by atoms with van der Waals surface area (Å²) in [5.74, 6) is 0. The summed E-state index contributed by atoms with van der Waals surface area (Å²) in [6, 6.07) is 0. The first-order valence-electron chi connectivity index (χ1n) is 1.43. The van der Waals surface area contributed by atoms with Crippen molar-refractivity contribution in [3.05, 3.63) is 0 Å². The predicted molar refractivity (Wildman–Crippen MR) is 52.7 cm³/mol. The first-order valence-corrected chi connectivity index (χ1v) is 2.25. The monoisotopic (exact) mass is 194 g/mol. The number of hydrogen-bond donors (Lipinski definition) is 4. The van der Waals surface area contributed by atoms with Crippen molar-refractivity contribution in [2.24, 2.45) is 11.5 Å². The van der Waals surface area contributed by atoms with Gasteiger partial charge in [-0.25, -0.2) is 0 Å². The molecule has 0 saturated carbocycles. The number of nitrogens with two attached hydrogens (primary N) is 2. The molecule has 0 aromatic carbocycles. The number of thiocarbonyl (C=S) groups is 2. The van der Waals surface area contributed by atoms with E-state index < -0.39 is 10.3 Å². The van der Waals surface area contributed by atoms with E-state index in [0.29, 0.717) is 0 Å². The zero-order valence-corrected chi connectivity index (χ0v) is 5.50. The molecule has 0 fully saturated rings. The van der Waals surface area contributed by atoms with E-state index in [4.69, 9.17) is 10.2 Å². The van der Waals surface area contributed by atoms with Crippen molar-refractivity contribution < 1.29 is 10.2 Å². The van der Waals surface area contributed by atoms with E-state index in [2.05, 4.69) is 35.9 Å². The van der Waals surface area contributed by atoms with Crippen LogP contribution in [0.2, 0.25) is 0 Å². The van der Waals surface area contributed by atoms with Crippen molar-refractivity contribution in [3.8, 4) is 0 Å². The van der Waals surface area contributed by atoms with Gasteiger partial charge in [0, 0.05) is 0 Å². The molecule has 58 valence electrons. The SMILES string of the molecule is C.NC(O)=S.NC(O)=S.[NaH]. The summed E-state index contributed by atoms with van der Waals surface area (Å²) in [6.07, 6.45) is 0. The van der Waals surface area contributed by atoms with Gasteiger partial charge in [0.1, 0.15) is 0 Å². The summed E-state index contributed by atoms with van der Waals surface area (Å²) >= 11 is 7.74. The zero-order chi connectivity index (χ0) is 7.15. The fourth-order valence-electron chi connectivity index (χ4n) is 0. The second-order valence-electron chi connectivity index (χ2n) is 0.676. The van der Waals surface area contributed by atoms with Crippen LogP contribution in [0.25, 0.3) is 0 Å². The van der Waals surface area contributed by atoms with Crippen LogP contribution in [0.1, 0.15) is 7.43 Å². The van der Waals surface area contributed by atoms with Gasteiger partial charge in [-0.1, -0.05) is 7.43 Å². The van der Waals surface area contributed by atoms with Gasteiger partial charge in [-0.3, -0.25) is 0 Å². The standard InChI is InChI=1S/2CH3NOS.CH4.Na.H/c2*2-1(3)4;;;/h2*(H3,2,3,4);1H4;;. The molecular weight excluding hydrogens is 183 g/mol. The molecule has 0 spiro atoms. The molecule has 0 aliphatic heterocycles. The van der Waals surface area contributed by atoms with Gasteiger partial charge in [0.25, 0.3) is 10.3 Å². The van der Waals surface area contributed by atoms with Crippen LogP contribution in [0.4, 0.5) is 0 Å². The minimum absolute atomic E-state index is 0. The van der Waals surface area contributed by atoms with Crippen molar-refractivity contribution >= 4 is 64.3 Å². The van der Waals surface area contributed by atoms with E-state index in [0.717, 1.165) is 0 Å². The molecule has 0 aliphatic carbocycles. The van der Waals surface area contributed by atoms with E-state index in [1.807, 2.05) is 0 Å². The molecule has 0 atom stereocenters. The zero-order valence-electron chi connectivity index (χ0n) is 3.87. The van der Waals surface area contributed by atoms with Crippen molar-refractivity contribution in [1.82, 2.24) is 0 Å². The van der Waals surface area contributed by atoms with Gasteiger partial charge in [0.05, 0.1) is 0 Å². The molecule has 0 amide bonds. The van der Waals surface area contributed by atoms with E-state index in [9.17, 15) is 0 Å². The summed E-state index contributed by atoms with van der Waals surface area (Å²) in [5.41, 5.74) is 8.80. The minimum atomic E-state index is -0.500. The van der Waals surface area contributed by atoms with Gasteiger partial charge in [-0.2, -0.15) is 0 Å². The summed E-state index contributed by atoms with van der Waals surface area (Å²) in [4.78, 5) is 0. The topological polar surface area (TPSA) is 92.5 Å². The molecule has 6 N–H and O–H groups in total. The van der Waals surface area contributed by atoms with Crippen molar-refractivity contribution in [2.45, 2.75) is 7.43 Å². The summed E-state index contributed by atoms with van der Waals surface area (Å²) in [7, 11) is 0. The maximum absolute atomic E-state index is 7.56. The third-order valence-corrected chi connectivity index (χ3v) is 0. The van der Waals surface area contributed by atoms with Gasteiger partial charge < -0.3 is 21.7 Å². The Morgan fingerprint density at radius 3 is 1.00 bits per heavy atom. The van der Waals surface area contributed by atoms with E-state index >= 15 is 0 Å². The Morgan fingerprint density at radius 2 is 1.00 bits per heavy atom. The first-order chi connectivity index (χ1) is 3.46. The number of hydrogen-bond acceptors (Lipinski definition) is 2. The Bertz CT molecular complexity index is 80.5. The van der Waals surface area contributed by atoms with Crippen LogP contribution in [0.15, 0.2) is 0 Å². The van der Waals surface area contributed by atoms with E-state index in [-0.39, 0.29) is 37.0 Å². The molecule has 0 unspecified atom stereocenters. The fraction of sp³-hybridized carbons (Fsp3) is 0.333. The Kier molecular flexibility index (Phi) is 36.3. The van der Waals surface area contributed by atoms with E-state index in [1.54, 1.807) is 0 Å². The van der Waals surface area contributed by atoms with Crippen LogP contribution in [0.3, 0.4) is 0 Å². The van der Waals surface area contributed by atoms with Crippen molar-refractivity contribution in [2.75, 3.05) is 0 Å². The van der Waals surface area contributed by atoms with Gasteiger partial charge in [0.15, 0.2) is 0 Å². The second kappa shape index (κ2) is 16.2. The normalized spacial score (nSPS) is 4.80. The van der Waals surface area contributed by atoms with Crippen LogP contribution in [0.5, 0.6) is 0 Å². The Hall–Kier alpha value is 0.380. The third-order valence-electron chi connectivity index (χ3n) is 0. The number of rotatable bonds is 0. The molecule has 0 radical (unpaired) electrons. The van der Waals surface area contributed by atoms with Crippen LogP contribution < -0.4 is 11.5 Å². The molecule has 0 aliphatic rings. The van der Waals surface area contributed by atoms with Crippen LogP contribution in [0, 0.1) is 0 Å². The number of aliphatic hydroxyl groups is 2. The maximum atomic E-state index is 7.56. The molecule has 0 aromatic heterocycles.